The average Bonchev–Trinajstić information content (AvgIpc) is 3.14. The molecule has 1 aliphatic heterocycles. The lowest BCUT2D eigenvalue weighted by Crippen LogP contribution is -2.42. The Morgan fingerprint density at radius 1 is 1.31 bits per heavy atom. The number of rotatable bonds is 5. The number of nitrogens with two attached hydrogens (primary N) is 1. The Morgan fingerprint density at radius 3 is 2.86 bits per heavy atom. The summed E-state index contributed by atoms with van der Waals surface area (Å²) in [5, 5.41) is 0.743. The highest BCUT2D eigenvalue weighted by molar-refractivity contribution is 7.89. The molecule has 8 nitrogen and oxygen atoms in total. The van der Waals surface area contributed by atoms with Crippen LogP contribution in [0.3, 0.4) is 0 Å². The van der Waals surface area contributed by atoms with Gasteiger partial charge in [0.25, 0.3) is 5.91 Å². The van der Waals surface area contributed by atoms with E-state index in [2.05, 4.69) is 4.98 Å². The van der Waals surface area contributed by atoms with Gasteiger partial charge in [0.2, 0.25) is 10.0 Å². The summed E-state index contributed by atoms with van der Waals surface area (Å²) in [5.74, 6) is -0.310. The Hall–Kier alpha value is -2.53. The number of methoxy groups -OCH3 is 1. The van der Waals surface area contributed by atoms with E-state index in [-0.39, 0.29) is 30.3 Å². The fourth-order valence-electron chi connectivity index (χ4n) is 3.44. The van der Waals surface area contributed by atoms with Crippen LogP contribution in [0.1, 0.15) is 21.3 Å². The van der Waals surface area contributed by atoms with Crippen molar-refractivity contribution in [2.75, 3.05) is 26.8 Å². The van der Waals surface area contributed by atoms with E-state index < -0.39 is 22.0 Å². The van der Waals surface area contributed by atoms with Gasteiger partial charge >= 0.3 is 0 Å². The molecule has 29 heavy (non-hydrogen) atoms. The molecule has 0 bridgehead atoms. The highest BCUT2D eigenvalue weighted by Crippen LogP contribution is 2.38. The van der Waals surface area contributed by atoms with Gasteiger partial charge in [-0.15, -0.1) is 11.3 Å². The quantitative estimate of drug-likeness (QED) is 0.660. The van der Waals surface area contributed by atoms with E-state index in [0.717, 1.165) is 5.39 Å². The Bertz CT molecular complexity index is 1180. The molecule has 1 saturated heterocycles. The van der Waals surface area contributed by atoms with Crippen LogP contribution in [0.15, 0.2) is 47.5 Å². The highest BCUT2D eigenvalue weighted by atomic mass is 32.2. The van der Waals surface area contributed by atoms with Crippen molar-refractivity contribution in [1.82, 2.24) is 9.29 Å². The highest BCUT2D eigenvalue weighted by Gasteiger charge is 2.36. The molecule has 2 aromatic heterocycles. The third-order valence-corrected chi connectivity index (χ3v) is 7.81. The lowest BCUT2D eigenvalue weighted by molar-refractivity contribution is -0.00192. The van der Waals surface area contributed by atoms with E-state index >= 15 is 0 Å². The number of carbonyl (C=O) groups excluding carboxylic acids is 1. The minimum atomic E-state index is -3.82. The van der Waals surface area contributed by atoms with Crippen LogP contribution in [0.5, 0.6) is 5.75 Å². The van der Waals surface area contributed by atoms with Crippen LogP contribution in [0.2, 0.25) is 0 Å². The average molecular weight is 434 g/mol. The number of morpholine rings is 1. The number of hydrogen-bond donors (Lipinski definition) is 1. The predicted octanol–water partition coefficient (Wildman–Crippen LogP) is 2.17. The summed E-state index contributed by atoms with van der Waals surface area (Å²) >= 11 is 1.18. The molecular formula is C19H19N3O5S2. The van der Waals surface area contributed by atoms with E-state index in [9.17, 15) is 13.2 Å². The number of amides is 1. The van der Waals surface area contributed by atoms with E-state index in [1.165, 1.54) is 28.8 Å². The molecule has 0 saturated carbocycles. The molecule has 2 N–H and O–H groups in total. The maximum Gasteiger partial charge on any atom is 0.259 e. The Labute approximate surface area is 171 Å². The van der Waals surface area contributed by atoms with Crippen molar-refractivity contribution in [3.05, 3.63) is 53.0 Å². The maximum absolute atomic E-state index is 13.3. The molecule has 0 aliphatic carbocycles. The molecule has 3 heterocycles. The number of para-hydroxylation sites is 1. The maximum atomic E-state index is 13.3. The summed E-state index contributed by atoms with van der Waals surface area (Å²) < 4.78 is 39.0. The number of carbonyl (C=O) groups is 1. The number of nitrogens with zero attached hydrogens (tertiary/aromatic N) is 2. The smallest absolute Gasteiger partial charge is 0.259 e. The molecule has 1 fully saturated rings. The number of pyridine rings is 1. The molecule has 1 aliphatic rings. The Balaban J connectivity index is 1.74. The number of sulfonamides is 1. The summed E-state index contributed by atoms with van der Waals surface area (Å²) in [7, 11) is -2.38. The summed E-state index contributed by atoms with van der Waals surface area (Å²) in [5.41, 5.74) is 6.16. The molecular weight excluding hydrogens is 414 g/mol. The van der Waals surface area contributed by atoms with Crippen molar-refractivity contribution in [2.24, 2.45) is 5.73 Å². The van der Waals surface area contributed by atoms with Gasteiger partial charge in [0.1, 0.15) is 20.4 Å². The van der Waals surface area contributed by atoms with Crippen LogP contribution in [-0.2, 0) is 14.8 Å². The van der Waals surface area contributed by atoms with Crippen molar-refractivity contribution in [1.29, 1.82) is 0 Å². The molecule has 152 valence electrons. The van der Waals surface area contributed by atoms with Gasteiger partial charge in [-0.3, -0.25) is 4.79 Å². The number of ether oxygens (including phenoxy) is 2. The first-order valence-corrected chi connectivity index (χ1v) is 11.1. The van der Waals surface area contributed by atoms with Crippen molar-refractivity contribution < 1.29 is 22.7 Å². The van der Waals surface area contributed by atoms with Gasteiger partial charge in [-0.1, -0.05) is 18.2 Å². The molecule has 1 aromatic carbocycles. The van der Waals surface area contributed by atoms with E-state index in [4.69, 9.17) is 15.2 Å². The molecule has 10 heteroatoms. The lowest BCUT2D eigenvalue weighted by atomic mass is 10.0. The van der Waals surface area contributed by atoms with Crippen LogP contribution >= 0.6 is 11.3 Å². The SMILES string of the molecule is COc1ccccc1S(=O)(=O)N1CCO[C@@H](c2c(C(N)=O)sc3ncccc23)C1. The van der Waals surface area contributed by atoms with Gasteiger partial charge in [-0.2, -0.15) is 4.31 Å². The van der Waals surface area contributed by atoms with Gasteiger partial charge in [-0.25, -0.2) is 13.4 Å². The zero-order valence-electron chi connectivity index (χ0n) is 15.6. The summed E-state index contributed by atoms with van der Waals surface area (Å²) in [6.07, 6.45) is 1.00. The van der Waals surface area contributed by atoms with Crippen LogP contribution in [0, 0.1) is 0 Å². The number of benzene rings is 1. The number of fused-ring (bicyclic) bond motifs is 1. The van der Waals surface area contributed by atoms with Gasteiger partial charge in [0.05, 0.1) is 19.8 Å². The predicted molar refractivity (Wildman–Crippen MR) is 109 cm³/mol. The zero-order chi connectivity index (χ0) is 20.6. The molecule has 3 aromatic rings. The van der Waals surface area contributed by atoms with Crippen molar-refractivity contribution >= 4 is 37.5 Å². The molecule has 0 spiro atoms. The number of hydrogen-bond acceptors (Lipinski definition) is 7. The third kappa shape index (κ3) is 3.48. The van der Waals surface area contributed by atoms with Gasteiger partial charge in [0, 0.05) is 30.2 Å². The van der Waals surface area contributed by atoms with E-state index in [1.54, 1.807) is 30.5 Å². The lowest BCUT2D eigenvalue weighted by Gasteiger charge is -2.32. The standard InChI is InChI=1S/C19H19N3O5S2/c1-26-13-6-2-3-7-15(13)29(24,25)22-9-10-27-14(11-22)16-12-5-4-8-21-19(12)28-17(16)18(20)23/h2-8,14H,9-11H2,1H3,(H2,20,23)/t14-/m1/s1. The topological polar surface area (TPSA) is 112 Å². The second kappa shape index (κ2) is 7.71. The van der Waals surface area contributed by atoms with Crippen molar-refractivity contribution in [2.45, 2.75) is 11.0 Å². The monoisotopic (exact) mass is 433 g/mol. The first-order valence-electron chi connectivity index (χ1n) is 8.85. The van der Waals surface area contributed by atoms with Gasteiger partial charge in [0.15, 0.2) is 0 Å². The number of thiophene rings is 1. The molecule has 1 atom stereocenters. The van der Waals surface area contributed by atoms with Gasteiger partial charge in [-0.05, 0) is 18.2 Å². The second-order valence-electron chi connectivity index (χ2n) is 6.44. The van der Waals surface area contributed by atoms with Crippen molar-refractivity contribution in [3.63, 3.8) is 0 Å². The number of aromatic nitrogens is 1. The normalized spacial score (nSPS) is 18.0. The molecule has 4 rings (SSSR count). The summed E-state index contributed by atoms with van der Waals surface area (Å²) in [6.45, 7) is 0.444. The fraction of sp³-hybridized carbons (Fsp3) is 0.263. The first kappa shape index (κ1) is 19.8. The van der Waals surface area contributed by atoms with Crippen LogP contribution in [0.25, 0.3) is 10.2 Å². The van der Waals surface area contributed by atoms with Gasteiger partial charge < -0.3 is 15.2 Å². The second-order valence-corrected chi connectivity index (χ2v) is 9.34. The third-order valence-electron chi connectivity index (χ3n) is 4.77. The minimum Gasteiger partial charge on any atom is -0.495 e. The summed E-state index contributed by atoms with van der Waals surface area (Å²) in [4.78, 5) is 17.4. The van der Waals surface area contributed by atoms with Crippen molar-refractivity contribution in [3.8, 4) is 5.75 Å². The molecule has 0 radical (unpaired) electrons. The zero-order valence-corrected chi connectivity index (χ0v) is 17.2. The summed E-state index contributed by atoms with van der Waals surface area (Å²) in [6, 6.07) is 10.1. The largest absolute Gasteiger partial charge is 0.495 e. The first-order chi connectivity index (χ1) is 13.9. The Morgan fingerprint density at radius 2 is 2.10 bits per heavy atom. The van der Waals surface area contributed by atoms with E-state index in [1.807, 2.05) is 6.07 Å². The molecule has 1 amide bonds. The number of primary amides is 1. The van der Waals surface area contributed by atoms with E-state index in [0.29, 0.717) is 15.3 Å². The minimum absolute atomic E-state index is 0.0569. The Kier molecular flexibility index (Phi) is 5.26. The van der Waals surface area contributed by atoms with Crippen LogP contribution in [-0.4, -0.2) is 50.4 Å². The van der Waals surface area contributed by atoms with Crippen LogP contribution < -0.4 is 10.5 Å². The molecule has 0 unspecified atom stereocenters. The fourth-order valence-corrected chi connectivity index (χ4v) is 6.07. The van der Waals surface area contributed by atoms with Crippen LogP contribution in [0.4, 0.5) is 0 Å².